The zero-order valence-electron chi connectivity index (χ0n) is 10.3. The standard InChI is InChI=1S/C16H11BrO2/c1-10-3-2-4-12-9-14(16(18)19-15(10)12)11-5-7-13(17)8-6-11/h2-9H,1H3. The molecule has 0 amide bonds. The average molecular weight is 315 g/mol. The van der Waals surface area contributed by atoms with E-state index >= 15 is 0 Å². The van der Waals surface area contributed by atoms with Gasteiger partial charge in [-0.15, -0.1) is 0 Å². The van der Waals surface area contributed by atoms with Gasteiger partial charge < -0.3 is 4.42 Å². The van der Waals surface area contributed by atoms with Gasteiger partial charge in [0.05, 0.1) is 5.56 Å². The number of halogens is 1. The summed E-state index contributed by atoms with van der Waals surface area (Å²) in [6.45, 7) is 1.94. The van der Waals surface area contributed by atoms with E-state index in [4.69, 9.17) is 4.42 Å². The Kier molecular flexibility index (Phi) is 2.99. The van der Waals surface area contributed by atoms with Crippen LogP contribution in [0, 0.1) is 6.92 Å². The molecule has 3 aromatic rings. The highest BCUT2D eigenvalue weighted by molar-refractivity contribution is 9.10. The molecule has 3 rings (SSSR count). The van der Waals surface area contributed by atoms with Crippen LogP contribution in [0.3, 0.4) is 0 Å². The Hall–Kier alpha value is -1.87. The molecular weight excluding hydrogens is 304 g/mol. The van der Waals surface area contributed by atoms with E-state index in [2.05, 4.69) is 15.9 Å². The van der Waals surface area contributed by atoms with E-state index in [0.717, 1.165) is 21.0 Å². The van der Waals surface area contributed by atoms with Crippen LogP contribution >= 0.6 is 15.9 Å². The first-order valence-corrected chi connectivity index (χ1v) is 6.74. The number of benzene rings is 2. The number of hydrogen-bond donors (Lipinski definition) is 0. The van der Waals surface area contributed by atoms with Crippen LogP contribution in [-0.2, 0) is 0 Å². The van der Waals surface area contributed by atoms with E-state index in [-0.39, 0.29) is 5.63 Å². The Balaban J connectivity index is 2.28. The maximum atomic E-state index is 12.1. The van der Waals surface area contributed by atoms with E-state index in [1.54, 1.807) is 0 Å². The van der Waals surface area contributed by atoms with Gasteiger partial charge in [0.2, 0.25) is 0 Å². The predicted molar refractivity (Wildman–Crippen MR) is 80.4 cm³/mol. The van der Waals surface area contributed by atoms with Gasteiger partial charge in [0, 0.05) is 9.86 Å². The average Bonchev–Trinajstić information content (AvgIpc) is 2.40. The molecule has 0 aliphatic carbocycles. The minimum atomic E-state index is -0.302. The zero-order valence-corrected chi connectivity index (χ0v) is 11.9. The molecule has 0 N–H and O–H groups in total. The maximum absolute atomic E-state index is 12.1. The Morgan fingerprint density at radius 3 is 2.53 bits per heavy atom. The van der Waals surface area contributed by atoms with Crippen molar-refractivity contribution in [2.45, 2.75) is 6.92 Å². The molecule has 0 spiro atoms. The van der Waals surface area contributed by atoms with Gasteiger partial charge in [-0.1, -0.05) is 46.3 Å². The van der Waals surface area contributed by atoms with Crippen LogP contribution in [-0.4, -0.2) is 0 Å². The van der Waals surface area contributed by atoms with Gasteiger partial charge in [0.1, 0.15) is 5.58 Å². The van der Waals surface area contributed by atoms with Crippen LogP contribution in [0.5, 0.6) is 0 Å². The summed E-state index contributed by atoms with van der Waals surface area (Å²) in [5, 5.41) is 0.942. The third-order valence-electron chi connectivity index (χ3n) is 3.11. The van der Waals surface area contributed by atoms with Crippen LogP contribution in [0.15, 0.2) is 62.2 Å². The maximum Gasteiger partial charge on any atom is 0.344 e. The number of fused-ring (bicyclic) bond motifs is 1. The zero-order chi connectivity index (χ0) is 13.4. The van der Waals surface area contributed by atoms with Crippen LogP contribution in [0.4, 0.5) is 0 Å². The molecule has 19 heavy (non-hydrogen) atoms. The van der Waals surface area contributed by atoms with Crippen molar-refractivity contribution < 1.29 is 4.42 Å². The van der Waals surface area contributed by atoms with E-state index < -0.39 is 0 Å². The largest absolute Gasteiger partial charge is 0.422 e. The van der Waals surface area contributed by atoms with Crippen molar-refractivity contribution in [3.8, 4) is 11.1 Å². The number of rotatable bonds is 1. The normalized spacial score (nSPS) is 10.8. The van der Waals surface area contributed by atoms with Crippen molar-refractivity contribution in [3.63, 3.8) is 0 Å². The summed E-state index contributed by atoms with van der Waals surface area (Å²) in [5.74, 6) is 0. The number of hydrogen-bond acceptors (Lipinski definition) is 2. The fourth-order valence-electron chi connectivity index (χ4n) is 2.12. The topological polar surface area (TPSA) is 30.2 Å². The van der Waals surface area contributed by atoms with Crippen molar-refractivity contribution in [1.29, 1.82) is 0 Å². The lowest BCUT2D eigenvalue weighted by Gasteiger charge is -2.04. The van der Waals surface area contributed by atoms with Gasteiger partial charge in [-0.3, -0.25) is 0 Å². The molecule has 1 aromatic heterocycles. The molecule has 94 valence electrons. The first-order chi connectivity index (χ1) is 9.15. The van der Waals surface area contributed by atoms with E-state index in [1.165, 1.54) is 0 Å². The van der Waals surface area contributed by atoms with Gasteiger partial charge in [0.15, 0.2) is 0 Å². The quantitative estimate of drug-likeness (QED) is 0.618. The first-order valence-electron chi connectivity index (χ1n) is 5.94. The van der Waals surface area contributed by atoms with Crippen LogP contribution in [0.1, 0.15) is 5.56 Å². The number of aryl methyl sites for hydroxylation is 1. The molecule has 0 unspecified atom stereocenters. The van der Waals surface area contributed by atoms with Gasteiger partial charge in [-0.2, -0.15) is 0 Å². The smallest absolute Gasteiger partial charge is 0.344 e. The molecule has 3 heteroatoms. The second-order valence-corrected chi connectivity index (χ2v) is 5.36. The molecule has 0 saturated heterocycles. The van der Waals surface area contributed by atoms with E-state index in [0.29, 0.717) is 11.1 Å². The molecule has 0 radical (unpaired) electrons. The lowest BCUT2D eigenvalue weighted by atomic mass is 10.1. The first kappa shape index (κ1) is 12.2. The molecule has 0 bridgehead atoms. The van der Waals surface area contributed by atoms with Gasteiger partial charge in [-0.25, -0.2) is 4.79 Å². The fraction of sp³-hybridized carbons (Fsp3) is 0.0625. The van der Waals surface area contributed by atoms with Crippen molar-refractivity contribution in [1.82, 2.24) is 0 Å². The summed E-state index contributed by atoms with van der Waals surface area (Å²) >= 11 is 3.38. The van der Waals surface area contributed by atoms with Crippen molar-refractivity contribution >= 4 is 26.9 Å². The highest BCUT2D eigenvalue weighted by Gasteiger charge is 2.08. The lowest BCUT2D eigenvalue weighted by Crippen LogP contribution is -2.03. The number of para-hydroxylation sites is 1. The van der Waals surface area contributed by atoms with Gasteiger partial charge in [0.25, 0.3) is 0 Å². The Morgan fingerprint density at radius 2 is 1.79 bits per heavy atom. The van der Waals surface area contributed by atoms with Crippen LogP contribution in [0.2, 0.25) is 0 Å². The van der Waals surface area contributed by atoms with Gasteiger partial charge >= 0.3 is 5.63 Å². The highest BCUT2D eigenvalue weighted by atomic mass is 79.9. The summed E-state index contributed by atoms with van der Waals surface area (Å²) in [7, 11) is 0. The molecule has 2 aromatic carbocycles. The minimum Gasteiger partial charge on any atom is -0.422 e. The lowest BCUT2D eigenvalue weighted by molar-refractivity contribution is 0.561. The summed E-state index contributed by atoms with van der Waals surface area (Å²) in [4.78, 5) is 12.1. The Morgan fingerprint density at radius 1 is 1.05 bits per heavy atom. The second-order valence-electron chi connectivity index (χ2n) is 4.45. The third-order valence-corrected chi connectivity index (χ3v) is 3.64. The van der Waals surface area contributed by atoms with E-state index in [9.17, 15) is 4.79 Å². The Bertz CT molecular complexity index is 801. The summed E-state index contributed by atoms with van der Waals surface area (Å²) in [6, 6.07) is 15.4. The SMILES string of the molecule is Cc1cccc2cc(-c3ccc(Br)cc3)c(=O)oc12. The molecule has 1 heterocycles. The monoisotopic (exact) mass is 314 g/mol. The highest BCUT2D eigenvalue weighted by Crippen LogP contribution is 2.24. The van der Waals surface area contributed by atoms with E-state index in [1.807, 2.05) is 55.5 Å². The van der Waals surface area contributed by atoms with Crippen molar-refractivity contribution in [3.05, 3.63) is 69.0 Å². The molecule has 0 fully saturated rings. The third kappa shape index (κ3) is 2.22. The molecule has 0 atom stereocenters. The van der Waals surface area contributed by atoms with Crippen molar-refractivity contribution in [2.24, 2.45) is 0 Å². The summed E-state index contributed by atoms with van der Waals surface area (Å²) in [6.07, 6.45) is 0. The molecule has 0 aliphatic heterocycles. The molecule has 0 aliphatic rings. The summed E-state index contributed by atoms with van der Waals surface area (Å²) in [5.41, 5.74) is 2.78. The summed E-state index contributed by atoms with van der Waals surface area (Å²) < 4.78 is 6.42. The van der Waals surface area contributed by atoms with Crippen LogP contribution in [0.25, 0.3) is 22.1 Å². The van der Waals surface area contributed by atoms with Gasteiger partial charge in [-0.05, 0) is 36.2 Å². The molecular formula is C16H11BrO2. The van der Waals surface area contributed by atoms with Crippen molar-refractivity contribution in [2.75, 3.05) is 0 Å². The van der Waals surface area contributed by atoms with Crippen LogP contribution < -0.4 is 5.63 Å². The minimum absolute atomic E-state index is 0.302. The fourth-order valence-corrected chi connectivity index (χ4v) is 2.39. The predicted octanol–water partition coefficient (Wildman–Crippen LogP) is 4.53. The molecule has 0 saturated carbocycles. The molecule has 2 nitrogen and oxygen atoms in total. The Labute approximate surface area is 118 Å². The second kappa shape index (κ2) is 4.67.